The first-order chi connectivity index (χ1) is 11.2. The Labute approximate surface area is 146 Å². The van der Waals surface area contributed by atoms with Crippen LogP contribution in [0.25, 0.3) is 0 Å². The molecule has 2 heterocycles. The maximum atomic E-state index is 12.3. The lowest BCUT2D eigenvalue weighted by Crippen LogP contribution is -2.31. The topological polar surface area (TPSA) is 61.7 Å². The fraction of sp³-hybridized carbons (Fsp3) is 0.733. The molecule has 0 atom stereocenters. The molecule has 1 aromatic rings. The van der Waals surface area contributed by atoms with Gasteiger partial charge in [0, 0.05) is 19.3 Å². The van der Waals surface area contributed by atoms with Gasteiger partial charge in [-0.15, -0.1) is 10.2 Å². The summed E-state index contributed by atoms with van der Waals surface area (Å²) >= 11 is 3.20. The van der Waals surface area contributed by atoms with Crippen LogP contribution in [0.15, 0.2) is 9.33 Å². The van der Waals surface area contributed by atoms with E-state index in [0.29, 0.717) is 11.7 Å². The van der Waals surface area contributed by atoms with E-state index in [2.05, 4.69) is 29.0 Å². The molecule has 0 N–H and O–H groups in total. The summed E-state index contributed by atoms with van der Waals surface area (Å²) in [5.41, 5.74) is 0. The predicted molar refractivity (Wildman–Crippen MR) is 97.9 cm³/mol. The Morgan fingerprint density at radius 3 is 2.78 bits per heavy atom. The Kier molecular flexibility index (Phi) is 7.29. The van der Waals surface area contributed by atoms with E-state index in [1.54, 1.807) is 28.6 Å². The average molecular weight is 356 g/mol. The molecule has 1 aromatic heterocycles. The highest BCUT2D eigenvalue weighted by Crippen LogP contribution is 2.31. The number of carbonyl (C=O) groups excluding carboxylic acids is 1. The van der Waals surface area contributed by atoms with E-state index in [9.17, 15) is 4.79 Å². The van der Waals surface area contributed by atoms with Gasteiger partial charge in [-0.3, -0.25) is 4.99 Å². The molecule has 1 fully saturated rings. The second-order valence-electron chi connectivity index (χ2n) is 5.53. The van der Waals surface area contributed by atoms with Gasteiger partial charge < -0.3 is 4.90 Å². The van der Waals surface area contributed by atoms with Crippen LogP contribution in [-0.4, -0.2) is 52.9 Å². The third-order valence-corrected chi connectivity index (χ3v) is 5.61. The van der Waals surface area contributed by atoms with Gasteiger partial charge in [0.25, 0.3) is 0 Å². The highest BCUT2D eigenvalue weighted by atomic mass is 32.2. The summed E-state index contributed by atoms with van der Waals surface area (Å²) < 4.78 is 0.925. The zero-order valence-corrected chi connectivity index (χ0v) is 15.8. The summed E-state index contributed by atoms with van der Waals surface area (Å²) in [5.74, 6) is 1.83. The smallest absolute Gasteiger partial charge is 0.320 e. The van der Waals surface area contributed by atoms with E-state index in [1.165, 1.54) is 37.0 Å². The van der Waals surface area contributed by atoms with Crippen LogP contribution in [0.5, 0.6) is 0 Å². The number of nitrogens with zero attached hydrogens (tertiary/aromatic N) is 5. The second-order valence-corrected chi connectivity index (χ2v) is 7.83. The molecule has 0 unspecified atom stereocenters. The SMILES string of the molecule is CCCCCCSc1nnc(N2C(=O)N(C)CC2=NCCC)s1. The van der Waals surface area contributed by atoms with Crippen LogP contribution in [0.3, 0.4) is 0 Å². The summed E-state index contributed by atoms with van der Waals surface area (Å²) in [6, 6.07) is -0.0736. The van der Waals surface area contributed by atoms with Crippen molar-refractivity contribution in [3.05, 3.63) is 0 Å². The van der Waals surface area contributed by atoms with Crippen LogP contribution in [0, 0.1) is 0 Å². The number of amidine groups is 1. The number of likely N-dealkylation sites (N-methyl/N-ethyl adjacent to an activating group) is 1. The standard InChI is InChI=1S/C15H25N5OS2/c1-4-6-7-8-10-22-14-18-17-13(23-14)20-12(16-9-5-2)11-19(3)15(20)21/h4-11H2,1-3H3. The molecule has 0 saturated carbocycles. The number of hydrogen-bond acceptors (Lipinski definition) is 6. The van der Waals surface area contributed by atoms with Gasteiger partial charge in [-0.05, 0) is 12.8 Å². The number of anilines is 1. The molecule has 8 heteroatoms. The Bertz CT molecular complexity index is 546. The minimum absolute atomic E-state index is 0.0736. The number of rotatable bonds is 9. The number of amides is 2. The van der Waals surface area contributed by atoms with Crippen LogP contribution in [0.4, 0.5) is 9.93 Å². The van der Waals surface area contributed by atoms with Gasteiger partial charge in [0.05, 0.1) is 6.54 Å². The molecule has 1 aliphatic heterocycles. The minimum Gasteiger partial charge on any atom is -0.320 e. The van der Waals surface area contributed by atoms with Crippen LogP contribution in [0.2, 0.25) is 0 Å². The molecular formula is C15H25N5OS2. The van der Waals surface area contributed by atoms with Crippen molar-refractivity contribution in [1.82, 2.24) is 15.1 Å². The lowest BCUT2D eigenvalue weighted by molar-refractivity contribution is 0.229. The van der Waals surface area contributed by atoms with Crippen LogP contribution in [0.1, 0.15) is 46.0 Å². The summed E-state index contributed by atoms with van der Waals surface area (Å²) in [6.45, 7) is 5.56. The zero-order chi connectivity index (χ0) is 16.7. The van der Waals surface area contributed by atoms with Crippen molar-refractivity contribution in [3.8, 4) is 0 Å². The Morgan fingerprint density at radius 2 is 2.04 bits per heavy atom. The first kappa shape index (κ1) is 18.2. The maximum Gasteiger partial charge on any atom is 0.332 e. The van der Waals surface area contributed by atoms with Gasteiger partial charge in [0.15, 0.2) is 4.34 Å². The number of urea groups is 1. The third kappa shape index (κ3) is 4.91. The largest absolute Gasteiger partial charge is 0.332 e. The van der Waals surface area contributed by atoms with E-state index in [4.69, 9.17) is 0 Å². The summed E-state index contributed by atoms with van der Waals surface area (Å²) in [6.07, 6.45) is 5.95. The first-order valence-corrected chi connectivity index (χ1v) is 10.0. The van der Waals surface area contributed by atoms with Gasteiger partial charge in [0.1, 0.15) is 5.84 Å². The number of thioether (sulfide) groups is 1. The highest BCUT2D eigenvalue weighted by molar-refractivity contribution is 8.01. The van der Waals surface area contributed by atoms with Crippen molar-refractivity contribution in [1.29, 1.82) is 0 Å². The van der Waals surface area contributed by atoms with Crippen molar-refractivity contribution < 1.29 is 4.79 Å². The van der Waals surface area contributed by atoms with Gasteiger partial charge in [0.2, 0.25) is 5.13 Å². The molecule has 1 saturated heterocycles. The molecule has 0 radical (unpaired) electrons. The van der Waals surface area contributed by atoms with E-state index in [0.717, 1.165) is 28.9 Å². The van der Waals surface area contributed by atoms with Gasteiger partial charge in [-0.25, -0.2) is 9.69 Å². The average Bonchev–Trinajstić information content (AvgIpc) is 3.10. The summed E-state index contributed by atoms with van der Waals surface area (Å²) in [4.78, 5) is 20.1. The Hall–Kier alpha value is -1.15. The monoisotopic (exact) mass is 355 g/mol. The second kappa shape index (κ2) is 9.22. The fourth-order valence-electron chi connectivity index (χ4n) is 2.22. The molecule has 2 rings (SSSR count). The number of aromatic nitrogens is 2. The van der Waals surface area contributed by atoms with Crippen molar-refractivity contribution in [2.45, 2.75) is 50.3 Å². The number of hydrogen-bond donors (Lipinski definition) is 0. The van der Waals surface area contributed by atoms with E-state index in [1.807, 2.05) is 0 Å². The molecule has 2 amide bonds. The van der Waals surface area contributed by atoms with E-state index >= 15 is 0 Å². The maximum absolute atomic E-state index is 12.3. The molecule has 6 nitrogen and oxygen atoms in total. The molecular weight excluding hydrogens is 330 g/mol. The summed E-state index contributed by atoms with van der Waals surface area (Å²) in [7, 11) is 1.79. The van der Waals surface area contributed by atoms with Gasteiger partial charge in [-0.1, -0.05) is 56.2 Å². The van der Waals surface area contributed by atoms with Gasteiger partial charge >= 0.3 is 6.03 Å². The van der Waals surface area contributed by atoms with E-state index in [-0.39, 0.29) is 6.03 Å². The number of unbranched alkanes of at least 4 members (excludes halogenated alkanes) is 3. The van der Waals surface area contributed by atoms with Crippen LogP contribution in [-0.2, 0) is 0 Å². The van der Waals surface area contributed by atoms with Crippen LogP contribution < -0.4 is 4.90 Å². The van der Waals surface area contributed by atoms with Crippen molar-refractivity contribution in [3.63, 3.8) is 0 Å². The third-order valence-electron chi connectivity index (χ3n) is 3.48. The predicted octanol–water partition coefficient (Wildman–Crippen LogP) is 3.89. The minimum atomic E-state index is -0.0736. The molecule has 128 valence electrons. The Balaban J connectivity index is 1.98. The normalized spacial score (nSPS) is 16.8. The number of aliphatic imine (C=N–C) groups is 1. The molecule has 0 bridgehead atoms. The quantitative estimate of drug-likeness (QED) is 0.383. The van der Waals surface area contributed by atoms with E-state index < -0.39 is 0 Å². The van der Waals surface area contributed by atoms with Gasteiger partial charge in [-0.2, -0.15) is 0 Å². The summed E-state index contributed by atoms with van der Waals surface area (Å²) in [5, 5.41) is 9.05. The molecule has 1 aliphatic rings. The van der Waals surface area contributed by atoms with Crippen molar-refractivity contribution in [2.24, 2.45) is 4.99 Å². The zero-order valence-electron chi connectivity index (χ0n) is 14.1. The van der Waals surface area contributed by atoms with Crippen molar-refractivity contribution in [2.75, 3.05) is 30.8 Å². The first-order valence-electron chi connectivity index (χ1n) is 8.22. The molecule has 0 spiro atoms. The molecule has 23 heavy (non-hydrogen) atoms. The van der Waals surface area contributed by atoms with Crippen LogP contribution >= 0.6 is 23.1 Å². The lowest BCUT2D eigenvalue weighted by atomic mass is 10.2. The fourth-order valence-corrected chi connectivity index (χ4v) is 4.15. The number of carbonyl (C=O) groups is 1. The van der Waals surface area contributed by atoms with Crippen molar-refractivity contribution >= 4 is 40.1 Å². The molecule has 0 aliphatic carbocycles. The molecule has 0 aromatic carbocycles. The Morgan fingerprint density at radius 1 is 1.22 bits per heavy atom. The lowest BCUT2D eigenvalue weighted by Gasteiger charge is -2.11. The highest BCUT2D eigenvalue weighted by Gasteiger charge is 2.35.